The zero-order valence-corrected chi connectivity index (χ0v) is 7.09. The highest BCUT2D eigenvalue weighted by atomic mass is 16.3. The van der Waals surface area contributed by atoms with E-state index in [1.54, 1.807) is 0 Å². The van der Waals surface area contributed by atoms with Gasteiger partial charge in [0.25, 0.3) is 0 Å². The van der Waals surface area contributed by atoms with Crippen LogP contribution in [0.4, 0.5) is 0 Å². The first-order valence-corrected chi connectivity index (χ1v) is 4.37. The van der Waals surface area contributed by atoms with Crippen molar-refractivity contribution in [2.45, 2.75) is 31.9 Å². The van der Waals surface area contributed by atoms with E-state index >= 15 is 0 Å². The van der Waals surface area contributed by atoms with E-state index < -0.39 is 0 Å². The van der Waals surface area contributed by atoms with Gasteiger partial charge in [0.2, 0.25) is 0 Å². The van der Waals surface area contributed by atoms with Crippen molar-refractivity contribution >= 4 is 0 Å². The fourth-order valence-electron chi connectivity index (χ4n) is 1.37. The zero-order chi connectivity index (χ0) is 8.27. The van der Waals surface area contributed by atoms with E-state index in [2.05, 4.69) is 5.32 Å². The predicted octanol–water partition coefficient (Wildman–Crippen LogP) is -0.306. The first-order valence-electron chi connectivity index (χ1n) is 4.37. The van der Waals surface area contributed by atoms with Crippen LogP contribution in [0.5, 0.6) is 0 Å². The highest BCUT2D eigenvalue weighted by Gasteiger charge is 2.39. The fraction of sp³-hybridized carbons (Fsp3) is 1.00. The largest absolute Gasteiger partial charge is 0.393 e. The lowest BCUT2D eigenvalue weighted by atomic mass is 10.2. The second kappa shape index (κ2) is 4.04. The molecule has 3 unspecified atom stereocenters. The molecule has 3 atom stereocenters. The van der Waals surface area contributed by atoms with Crippen molar-refractivity contribution in [1.29, 1.82) is 0 Å². The summed E-state index contributed by atoms with van der Waals surface area (Å²) in [5, 5.41) is 12.5. The molecule has 0 aromatic heterocycles. The maximum Gasteiger partial charge on any atom is 0.0555 e. The van der Waals surface area contributed by atoms with Gasteiger partial charge in [-0.2, -0.15) is 0 Å². The molecule has 0 amide bonds. The molecule has 1 rings (SSSR count). The molecule has 0 radical (unpaired) electrons. The molecule has 1 aliphatic carbocycles. The second-order valence-corrected chi connectivity index (χ2v) is 3.34. The van der Waals surface area contributed by atoms with Crippen molar-refractivity contribution in [3.8, 4) is 0 Å². The number of hydrogen-bond acceptors (Lipinski definition) is 3. The number of rotatable bonds is 5. The van der Waals surface area contributed by atoms with Crippen molar-refractivity contribution in [2.24, 2.45) is 11.7 Å². The Bertz CT molecular complexity index is 117. The Kier molecular flexibility index (Phi) is 3.30. The molecule has 3 nitrogen and oxygen atoms in total. The van der Waals surface area contributed by atoms with Crippen LogP contribution in [0, 0.1) is 5.92 Å². The second-order valence-electron chi connectivity index (χ2n) is 3.34. The Morgan fingerprint density at radius 2 is 2.45 bits per heavy atom. The number of aliphatic hydroxyl groups excluding tert-OH is 1. The van der Waals surface area contributed by atoms with Gasteiger partial charge in [-0.3, -0.25) is 0 Å². The molecule has 0 aromatic rings. The lowest BCUT2D eigenvalue weighted by molar-refractivity contribution is 0.167. The van der Waals surface area contributed by atoms with E-state index in [1.165, 1.54) is 0 Å². The van der Waals surface area contributed by atoms with Crippen molar-refractivity contribution in [3.63, 3.8) is 0 Å². The van der Waals surface area contributed by atoms with Gasteiger partial charge in [0.05, 0.1) is 6.10 Å². The first-order chi connectivity index (χ1) is 5.25. The lowest BCUT2D eigenvalue weighted by Crippen LogP contribution is -2.24. The number of aliphatic hydroxyl groups is 1. The topological polar surface area (TPSA) is 58.3 Å². The Morgan fingerprint density at radius 1 is 1.73 bits per heavy atom. The monoisotopic (exact) mass is 158 g/mol. The quantitative estimate of drug-likeness (QED) is 0.481. The molecule has 66 valence electrons. The summed E-state index contributed by atoms with van der Waals surface area (Å²) < 4.78 is 0. The summed E-state index contributed by atoms with van der Waals surface area (Å²) in [6.45, 7) is 3.60. The molecule has 0 saturated heterocycles. The van der Waals surface area contributed by atoms with E-state index in [0.29, 0.717) is 12.0 Å². The van der Waals surface area contributed by atoms with Crippen molar-refractivity contribution in [1.82, 2.24) is 5.32 Å². The Labute approximate surface area is 68.0 Å². The van der Waals surface area contributed by atoms with E-state index in [0.717, 1.165) is 25.9 Å². The number of hydrogen-bond donors (Lipinski definition) is 3. The van der Waals surface area contributed by atoms with Gasteiger partial charge in [-0.25, -0.2) is 0 Å². The highest BCUT2D eigenvalue weighted by Crippen LogP contribution is 2.33. The van der Waals surface area contributed by atoms with Crippen LogP contribution in [-0.4, -0.2) is 30.3 Å². The van der Waals surface area contributed by atoms with Crippen LogP contribution < -0.4 is 11.1 Å². The summed E-state index contributed by atoms with van der Waals surface area (Å²) in [5.74, 6) is 0.493. The van der Waals surface area contributed by atoms with Crippen LogP contribution in [0.3, 0.4) is 0 Å². The van der Waals surface area contributed by atoms with Crippen LogP contribution in [0.1, 0.15) is 19.8 Å². The van der Waals surface area contributed by atoms with Gasteiger partial charge in [-0.1, -0.05) is 0 Å². The minimum absolute atomic E-state index is 0.148. The van der Waals surface area contributed by atoms with Crippen molar-refractivity contribution < 1.29 is 5.11 Å². The average molecular weight is 158 g/mol. The summed E-state index contributed by atoms with van der Waals surface area (Å²) in [6, 6.07) is 0.557. The predicted molar refractivity (Wildman–Crippen MR) is 45.2 cm³/mol. The molecular weight excluding hydrogens is 140 g/mol. The Morgan fingerprint density at radius 3 is 2.91 bits per heavy atom. The minimum atomic E-state index is -0.148. The SMILES string of the molecule is CC(O)C1CC1NCCCN. The summed E-state index contributed by atoms with van der Waals surface area (Å²) in [6.07, 6.45) is 2.01. The van der Waals surface area contributed by atoms with Gasteiger partial charge in [0, 0.05) is 12.0 Å². The molecule has 0 spiro atoms. The van der Waals surface area contributed by atoms with E-state index in [1.807, 2.05) is 6.92 Å². The van der Waals surface area contributed by atoms with Crippen LogP contribution >= 0.6 is 0 Å². The van der Waals surface area contributed by atoms with E-state index in [4.69, 9.17) is 10.8 Å². The molecule has 0 bridgehead atoms. The van der Waals surface area contributed by atoms with Gasteiger partial charge in [0.15, 0.2) is 0 Å². The molecule has 0 aliphatic heterocycles. The van der Waals surface area contributed by atoms with Crippen molar-refractivity contribution in [3.05, 3.63) is 0 Å². The van der Waals surface area contributed by atoms with Gasteiger partial charge in [-0.05, 0) is 32.9 Å². The van der Waals surface area contributed by atoms with Gasteiger partial charge < -0.3 is 16.2 Å². The van der Waals surface area contributed by atoms with Crippen LogP contribution in [-0.2, 0) is 0 Å². The zero-order valence-electron chi connectivity index (χ0n) is 7.09. The minimum Gasteiger partial charge on any atom is -0.393 e. The molecule has 1 aliphatic rings. The molecule has 3 heteroatoms. The molecular formula is C8H18N2O. The molecule has 1 fully saturated rings. The van der Waals surface area contributed by atoms with Crippen LogP contribution in [0.2, 0.25) is 0 Å². The third-order valence-electron chi connectivity index (χ3n) is 2.25. The number of nitrogens with one attached hydrogen (secondary N) is 1. The summed E-state index contributed by atoms with van der Waals surface area (Å²) >= 11 is 0. The molecule has 1 saturated carbocycles. The van der Waals surface area contributed by atoms with Crippen LogP contribution in [0.25, 0.3) is 0 Å². The number of nitrogens with two attached hydrogens (primary N) is 1. The fourth-order valence-corrected chi connectivity index (χ4v) is 1.37. The summed E-state index contributed by atoms with van der Waals surface area (Å²) in [5.41, 5.74) is 5.34. The normalized spacial score (nSPS) is 31.9. The van der Waals surface area contributed by atoms with Crippen LogP contribution in [0.15, 0.2) is 0 Å². The molecule has 0 heterocycles. The van der Waals surface area contributed by atoms with Gasteiger partial charge >= 0.3 is 0 Å². The molecule has 4 N–H and O–H groups in total. The van der Waals surface area contributed by atoms with Gasteiger partial charge in [-0.15, -0.1) is 0 Å². The maximum absolute atomic E-state index is 9.15. The average Bonchev–Trinajstić information content (AvgIpc) is 2.68. The third kappa shape index (κ3) is 2.77. The van der Waals surface area contributed by atoms with E-state index in [-0.39, 0.29) is 6.10 Å². The summed E-state index contributed by atoms with van der Waals surface area (Å²) in [4.78, 5) is 0. The standard InChI is InChI=1S/C8H18N2O/c1-6(11)7-5-8(7)10-4-2-3-9/h6-8,10-11H,2-5,9H2,1H3. The smallest absolute Gasteiger partial charge is 0.0555 e. The molecule has 11 heavy (non-hydrogen) atoms. The highest BCUT2D eigenvalue weighted by molar-refractivity contribution is 4.95. The van der Waals surface area contributed by atoms with E-state index in [9.17, 15) is 0 Å². The first kappa shape index (κ1) is 8.97. The summed E-state index contributed by atoms with van der Waals surface area (Å²) in [7, 11) is 0. The lowest BCUT2D eigenvalue weighted by Gasteiger charge is -2.04. The third-order valence-corrected chi connectivity index (χ3v) is 2.25. The van der Waals surface area contributed by atoms with Crippen molar-refractivity contribution in [2.75, 3.05) is 13.1 Å². The maximum atomic E-state index is 9.15. The Balaban J connectivity index is 1.96. The Hall–Kier alpha value is -0.120. The van der Waals surface area contributed by atoms with Gasteiger partial charge in [0.1, 0.15) is 0 Å². The molecule has 0 aromatic carbocycles.